The third kappa shape index (κ3) is 3.06. The van der Waals surface area contributed by atoms with Crippen LogP contribution in [0, 0.1) is 6.92 Å². The van der Waals surface area contributed by atoms with Crippen molar-refractivity contribution in [2.24, 2.45) is 0 Å². The SMILES string of the molecule is CCc1onc(C)c1C1CCCN1Cc1ccc(O)c(OC)c1. The van der Waals surface area contributed by atoms with Crippen LogP contribution < -0.4 is 4.74 Å². The Balaban J connectivity index is 1.83. The van der Waals surface area contributed by atoms with Gasteiger partial charge in [-0.15, -0.1) is 0 Å². The lowest BCUT2D eigenvalue weighted by Gasteiger charge is -2.25. The molecule has 1 atom stereocenters. The van der Waals surface area contributed by atoms with Gasteiger partial charge in [-0.05, 0) is 44.0 Å². The average molecular weight is 316 g/mol. The van der Waals surface area contributed by atoms with Crippen molar-refractivity contribution in [3.8, 4) is 11.5 Å². The van der Waals surface area contributed by atoms with Crippen molar-refractivity contribution in [3.63, 3.8) is 0 Å². The summed E-state index contributed by atoms with van der Waals surface area (Å²) in [5.41, 5.74) is 3.40. The highest BCUT2D eigenvalue weighted by Crippen LogP contribution is 2.37. The molecule has 0 bridgehead atoms. The molecule has 1 aromatic heterocycles. The van der Waals surface area contributed by atoms with Crippen molar-refractivity contribution in [3.05, 3.63) is 40.8 Å². The van der Waals surface area contributed by atoms with Crippen molar-refractivity contribution >= 4 is 0 Å². The first-order chi connectivity index (χ1) is 11.1. The molecule has 5 heteroatoms. The van der Waals surface area contributed by atoms with Gasteiger partial charge < -0.3 is 14.4 Å². The van der Waals surface area contributed by atoms with E-state index < -0.39 is 0 Å². The number of rotatable bonds is 5. The van der Waals surface area contributed by atoms with E-state index in [4.69, 9.17) is 9.26 Å². The lowest BCUT2D eigenvalue weighted by Crippen LogP contribution is -2.23. The van der Waals surface area contributed by atoms with Gasteiger partial charge in [-0.1, -0.05) is 18.1 Å². The maximum Gasteiger partial charge on any atom is 0.160 e. The highest BCUT2D eigenvalue weighted by Gasteiger charge is 2.31. The zero-order valence-electron chi connectivity index (χ0n) is 14.0. The summed E-state index contributed by atoms with van der Waals surface area (Å²) in [5, 5.41) is 13.9. The molecule has 5 nitrogen and oxygen atoms in total. The van der Waals surface area contributed by atoms with Gasteiger partial charge in [0.2, 0.25) is 0 Å². The summed E-state index contributed by atoms with van der Waals surface area (Å²) >= 11 is 0. The molecule has 1 aliphatic rings. The van der Waals surface area contributed by atoms with E-state index in [-0.39, 0.29) is 5.75 Å². The molecular formula is C18H24N2O3. The molecular weight excluding hydrogens is 292 g/mol. The second kappa shape index (κ2) is 6.62. The molecule has 0 aliphatic carbocycles. The molecule has 1 N–H and O–H groups in total. The van der Waals surface area contributed by atoms with Crippen LogP contribution in [-0.2, 0) is 13.0 Å². The third-order valence-corrected chi connectivity index (χ3v) is 4.63. The smallest absolute Gasteiger partial charge is 0.160 e. The Morgan fingerprint density at radius 1 is 1.43 bits per heavy atom. The minimum absolute atomic E-state index is 0.178. The highest BCUT2D eigenvalue weighted by atomic mass is 16.5. The summed E-state index contributed by atoms with van der Waals surface area (Å²) < 4.78 is 10.7. The summed E-state index contributed by atoms with van der Waals surface area (Å²) in [5.74, 6) is 1.70. The number of hydrogen-bond donors (Lipinski definition) is 1. The van der Waals surface area contributed by atoms with Crippen LogP contribution in [0.4, 0.5) is 0 Å². The minimum Gasteiger partial charge on any atom is -0.504 e. The number of aryl methyl sites for hydroxylation is 2. The van der Waals surface area contributed by atoms with Gasteiger partial charge in [0.05, 0.1) is 12.8 Å². The van der Waals surface area contributed by atoms with Crippen molar-refractivity contribution in [1.29, 1.82) is 0 Å². The van der Waals surface area contributed by atoms with Crippen LogP contribution in [0.15, 0.2) is 22.7 Å². The fourth-order valence-corrected chi connectivity index (χ4v) is 3.50. The molecule has 124 valence electrons. The van der Waals surface area contributed by atoms with E-state index in [9.17, 15) is 5.11 Å². The van der Waals surface area contributed by atoms with Crippen molar-refractivity contribution in [1.82, 2.24) is 10.1 Å². The number of hydrogen-bond acceptors (Lipinski definition) is 5. The van der Waals surface area contributed by atoms with Gasteiger partial charge in [0, 0.05) is 24.6 Å². The van der Waals surface area contributed by atoms with E-state index in [1.54, 1.807) is 13.2 Å². The molecule has 0 radical (unpaired) electrons. The molecule has 1 aliphatic heterocycles. The largest absolute Gasteiger partial charge is 0.504 e. The van der Waals surface area contributed by atoms with Crippen molar-refractivity contribution in [2.75, 3.05) is 13.7 Å². The van der Waals surface area contributed by atoms with Crippen molar-refractivity contribution in [2.45, 2.75) is 45.7 Å². The number of likely N-dealkylation sites (tertiary alicyclic amines) is 1. The fourth-order valence-electron chi connectivity index (χ4n) is 3.50. The van der Waals surface area contributed by atoms with Gasteiger partial charge in [-0.25, -0.2) is 0 Å². The predicted molar refractivity (Wildman–Crippen MR) is 87.7 cm³/mol. The number of phenolic OH excluding ortho intramolecular Hbond substituents is 1. The van der Waals surface area contributed by atoms with Gasteiger partial charge in [0.25, 0.3) is 0 Å². The van der Waals surface area contributed by atoms with Gasteiger partial charge in [-0.3, -0.25) is 4.90 Å². The van der Waals surface area contributed by atoms with E-state index in [1.807, 2.05) is 19.1 Å². The average Bonchev–Trinajstić information content (AvgIpc) is 3.14. The molecule has 0 amide bonds. The quantitative estimate of drug-likeness (QED) is 0.913. The number of ether oxygens (including phenoxy) is 1. The zero-order chi connectivity index (χ0) is 16.4. The first kappa shape index (κ1) is 15.9. The summed E-state index contributed by atoms with van der Waals surface area (Å²) in [7, 11) is 1.57. The predicted octanol–water partition coefficient (Wildman–Crippen LogP) is 3.60. The van der Waals surface area contributed by atoms with E-state index in [1.165, 1.54) is 12.0 Å². The summed E-state index contributed by atoms with van der Waals surface area (Å²) in [6.07, 6.45) is 3.17. The monoisotopic (exact) mass is 316 g/mol. The van der Waals surface area contributed by atoms with Crippen molar-refractivity contribution < 1.29 is 14.4 Å². The van der Waals surface area contributed by atoms with Crippen LogP contribution in [0.5, 0.6) is 11.5 Å². The lowest BCUT2D eigenvalue weighted by molar-refractivity contribution is 0.244. The molecule has 23 heavy (non-hydrogen) atoms. The Labute approximate surface area is 136 Å². The molecule has 1 fully saturated rings. The van der Waals surface area contributed by atoms with Gasteiger partial charge in [-0.2, -0.15) is 0 Å². The minimum atomic E-state index is 0.178. The van der Waals surface area contributed by atoms with Gasteiger partial charge in [0.1, 0.15) is 5.76 Å². The Hall–Kier alpha value is -2.01. The van der Waals surface area contributed by atoms with Gasteiger partial charge in [0.15, 0.2) is 11.5 Å². The number of aromatic hydroxyl groups is 1. The molecule has 1 aromatic carbocycles. The van der Waals surface area contributed by atoms with Crippen LogP contribution in [0.25, 0.3) is 0 Å². The summed E-state index contributed by atoms with van der Waals surface area (Å²) in [6.45, 7) is 6.02. The second-order valence-corrected chi connectivity index (χ2v) is 6.09. The normalized spacial score (nSPS) is 18.5. The third-order valence-electron chi connectivity index (χ3n) is 4.63. The first-order valence-corrected chi connectivity index (χ1v) is 8.19. The molecule has 1 saturated heterocycles. The van der Waals surface area contributed by atoms with Gasteiger partial charge >= 0.3 is 0 Å². The van der Waals surface area contributed by atoms with Crippen LogP contribution >= 0.6 is 0 Å². The van der Waals surface area contributed by atoms with Crippen LogP contribution in [-0.4, -0.2) is 28.8 Å². The Morgan fingerprint density at radius 3 is 3.00 bits per heavy atom. The number of benzene rings is 1. The maximum atomic E-state index is 9.74. The molecule has 2 aromatic rings. The first-order valence-electron chi connectivity index (χ1n) is 8.19. The summed E-state index contributed by atoms with van der Waals surface area (Å²) in [4.78, 5) is 2.46. The van der Waals surface area contributed by atoms with E-state index in [2.05, 4.69) is 17.0 Å². The summed E-state index contributed by atoms with van der Waals surface area (Å²) in [6, 6.07) is 5.91. The molecule has 0 spiro atoms. The van der Waals surface area contributed by atoms with Crippen LogP contribution in [0.3, 0.4) is 0 Å². The topological polar surface area (TPSA) is 58.7 Å². The Bertz CT molecular complexity index is 681. The number of aromatic nitrogens is 1. The Morgan fingerprint density at radius 2 is 2.26 bits per heavy atom. The lowest BCUT2D eigenvalue weighted by atomic mass is 10.0. The van der Waals surface area contributed by atoms with E-state index in [0.29, 0.717) is 11.8 Å². The van der Waals surface area contributed by atoms with E-state index in [0.717, 1.165) is 42.9 Å². The number of methoxy groups -OCH3 is 1. The van der Waals surface area contributed by atoms with E-state index >= 15 is 0 Å². The Kier molecular flexibility index (Phi) is 4.57. The maximum absolute atomic E-state index is 9.74. The standard InChI is InChI=1S/C18H24N2O3/c1-4-16-18(12(2)19-23-16)14-6-5-9-20(14)11-13-7-8-15(21)17(10-13)22-3/h7-8,10,14,21H,4-6,9,11H2,1-3H3. The highest BCUT2D eigenvalue weighted by molar-refractivity contribution is 5.41. The molecule has 2 heterocycles. The molecule has 0 saturated carbocycles. The molecule has 1 unspecified atom stereocenters. The van der Waals surface area contributed by atoms with Crippen LogP contribution in [0.2, 0.25) is 0 Å². The van der Waals surface area contributed by atoms with Crippen LogP contribution in [0.1, 0.15) is 48.4 Å². The zero-order valence-corrected chi connectivity index (χ0v) is 14.0. The number of nitrogens with zero attached hydrogens (tertiary/aromatic N) is 2. The number of phenols is 1. The fraction of sp³-hybridized carbons (Fsp3) is 0.500. The molecule has 3 rings (SSSR count). The second-order valence-electron chi connectivity index (χ2n) is 6.09.